The number of halogens is 1. The van der Waals surface area contributed by atoms with Crippen molar-refractivity contribution in [1.82, 2.24) is 10.6 Å². The van der Waals surface area contributed by atoms with Gasteiger partial charge in [0.1, 0.15) is 5.75 Å². The molecule has 0 heterocycles. The zero-order chi connectivity index (χ0) is 20.6. The van der Waals surface area contributed by atoms with Gasteiger partial charge >= 0.3 is 0 Å². The van der Waals surface area contributed by atoms with Gasteiger partial charge < -0.3 is 15.4 Å². The standard InChI is InChI=1S/C20H28N4O3S.HI/c1-4-22-20(23-12-11-16-6-5-15(2)19(13-16)27-3)24-14-17-7-9-18(10-8-17)28(21,25)26;/h5-10,13H,4,11-12,14H2,1-3H3,(H2,21,25,26)(H2,22,23,24);1H. The summed E-state index contributed by atoms with van der Waals surface area (Å²) in [4.78, 5) is 4.64. The van der Waals surface area contributed by atoms with Crippen molar-refractivity contribution in [1.29, 1.82) is 0 Å². The molecule has 0 atom stereocenters. The zero-order valence-corrected chi connectivity index (χ0v) is 20.1. The number of aryl methyl sites for hydroxylation is 1. The number of guanidine groups is 1. The van der Waals surface area contributed by atoms with Gasteiger partial charge in [0.2, 0.25) is 10.0 Å². The van der Waals surface area contributed by atoms with Crippen LogP contribution < -0.4 is 20.5 Å². The van der Waals surface area contributed by atoms with Crippen molar-refractivity contribution < 1.29 is 13.2 Å². The van der Waals surface area contributed by atoms with Crippen LogP contribution in [0.25, 0.3) is 0 Å². The van der Waals surface area contributed by atoms with E-state index in [1.54, 1.807) is 19.2 Å². The molecule has 0 aliphatic heterocycles. The highest BCUT2D eigenvalue weighted by atomic mass is 127. The van der Waals surface area contributed by atoms with E-state index in [-0.39, 0.29) is 28.9 Å². The van der Waals surface area contributed by atoms with Gasteiger partial charge in [0.15, 0.2) is 5.96 Å². The predicted molar refractivity (Wildman–Crippen MR) is 127 cm³/mol. The fourth-order valence-electron chi connectivity index (χ4n) is 2.64. The molecule has 0 aromatic heterocycles. The second-order valence-corrected chi connectivity index (χ2v) is 7.93. The molecule has 2 rings (SSSR count). The minimum Gasteiger partial charge on any atom is -0.496 e. The molecule has 29 heavy (non-hydrogen) atoms. The van der Waals surface area contributed by atoms with Crippen molar-refractivity contribution in [3.05, 3.63) is 59.2 Å². The maximum Gasteiger partial charge on any atom is 0.238 e. The normalized spacial score (nSPS) is 11.5. The Morgan fingerprint density at radius 1 is 1.10 bits per heavy atom. The molecule has 0 saturated heterocycles. The van der Waals surface area contributed by atoms with E-state index in [4.69, 9.17) is 9.88 Å². The van der Waals surface area contributed by atoms with Crippen molar-refractivity contribution in [3.8, 4) is 5.75 Å². The molecule has 0 saturated carbocycles. The van der Waals surface area contributed by atoms with Gasteiger partial charge in [0.25, 0.3) is 0 Å². The molecule has 0 spiro atoms. The lowest BCUT2D eigenvalue weighted by Gasteiger charge is -2.12. The molecule has 7 nitrogen and oxygen atoms in total. The molecular weight excluding hydrogens is 503 g/mol. The molecule has 160 valence electrons. The summed E-state index contributed by atoms with van der Waals surface area (Å²) in [6.45, 7) is 5.92. The number of methoxy groups -OCH3 is 1. The minimum absolute atomic E-state index is 0. The van der Waals surface area contributed by atoms with E-state index in [0.29, 0.717) is 12.5 Å². The second-order valence-electron chi connectivity index (χ2n) is 6.36. The van der Waals surface area contributed by atoms with Crippen molar-refractivity contribution in [3.63, 3.8) is 0 Å². The summed E-state index contributed by atoms with van der Waals surface area (Å²) < 4.78 is 28.0. The molecule has 0 amide bonds. The molecule has 0 radical (unpaired) electrons. The smallest absolute Gasteiger partial charge is 0.238 e. The third-order valence-corrected chi connectivity index (χ3v) is 5.12. The van der Waals surface area contributed by atoms with Crippen LogP contribution in [0.2, 0.25) is 0 Å². The maximum absolute atomic E-state index is 11.3. The lowest BCUT2D eigenvalue weighted by Crippen LogP contribution is -2.38. The van der Waals surface area contributed by atoms with Gasteiger partial charge in [0.05, 0.1) is 18.6 Å². The van der Waals surface area contributed by atoms with Crippen LogP contribution in [0.3, 0.4) is 0 Å². The Bertz CT molecular complexity index is 916. The summed E-state index contributed by atoms with van der Waals surface area (Å²) in [6.07, 6.45) is 0.837. The van der Waals surface area contributed by atoms with E-state index in [1.807, 2.05) is 19.9 Å². The van der Waals surface area contributed by atoms with Crippen LogP contribution >= 0.6 is 24.0 Å². The van der Waals surface area contributed by atoms with Crippen molar-refractivity contribution in [2.24, 2.45) is 10.1 Å². The lowest BCUT2D eigenvalue weighted by molar-refractivity contribution is 0.411. The topological polar surface area (TPSA) is 106 Å². The van der Waals surface area contributed by atoms with Crippen LogP contribution in [-0.2, 0) is 23.0 Å². The quantitative estimate of drug-likeness (QED) is 0.276. The van der Waals surface area contributed by atoms with E-state index < -0.39 is 10.0 Å². The summed E-state index contributed by atoms with van der Waals surface area (Å²) in [7, 11) is -2.00. The summed E-state index contributed by atoms with van der Waals surface area (Å²) in [6, 6.07) is 12.6. The van der Waals surface area contributed by atoms with Gasteiger partial charge in [-0.15, -0.1) is 24.0 Å². The number of rotatable bonds is 8. The van der Waals surface area contributed by atoms with Gasteiger partial charge in [-0.1, -0.05) is 24.3 Å². The molecule has 0 aliphatic rings. The number of nitrogens with two attached hydrogens (primary N) is 1. The maximum atomic E-state index is 11.3. The van der Waals surface area contributed by atoms with Crippen molar-refractivity contribution in [2.45, 2.75) is 31.7 Å². The van der Waals surface area contributed by atoms with Crippen molar-refractivity contribution in [2.75, 3.05) is 20.2 Å². The van der Waals surface area contributed by atoms with Crippen LogP contribution in [0.15, 0.2) is 52.4 Å². The number of hydrogen-bond acceptors (Lipinski definition) is 4. The Labute approximate surface area is 190 Å². The molecular formula is C20H29IN4O3S. The predicted octanol–water partition coefficient (Wildman–Crippen LogP) is 2.57. The average molecular weight is 532 g/mol. The van der Waals surface area contributed by atoms with Crippen LogP contribution in [0.4, 0.5) is 0 Å². The Hall–Kier alpha value is -1.85. The molecule has 0 aliphatic carbocycles. The third kappa shape index (κ3) is 8.19. The number of aliphatic imine (C=N–C) groups is 1. The second kappa shape index (κ2) is 12.0. The van der Waals surface area contributed by atoms with Crippen LogP contribution in [0, 0.1) is 6.92 Å². The molecule has 2 aromatic rings. The molecule has 4 N–H and O–H groups in total. The minimum atomic E-state index is -3.68. The van der Waals surface area contributed by atoms with Gasteiger partial charge in [-0.3, -0.25) is 0 Å². The molecule has 0 fully saturated rings. The van der Waals surface area contributed by atoms with Crippen LogP contribution in [-0.4, -0.2) is 34.6 Å². The number of nitrogens with one attached hydrogen (secondary N) is 2. The van der Waals surface area contributed by atoms with Gasteiger partial charge in [-0.25, -0.2) is 18.5 Å². The number of benzene rings is 2. The number of nitrogens with zero attached hydrogens (tertiary/aromatic N) is 1. The van der Waals surface area contributed by atoms with E-state index in [9.17, 15) is 8.42 Å². The number of ether oxygens (including phenoxy) is 1. The first kappa shape index (κ1) is 25.2. The first-order chi connectivity index (χ1) is 13.3. The first-order valence-corrected chi connectivity index (χ1v) is 10.7. The van der Waals surface area contributed by atoms with Crippen molar-refractivity contribution >= 4 is 40.0 Å². The fourth-order valence-corrected chi connectivity index (χ4v) is 3.16. The third-order valence-electron chi connectivity index (χ3n) is 4.19. The Morgan fingerprint density at radius 2 is 1.76 bits per heavy atom. The number of sulfonamides is 1. The molecule has 9 heteroatoms. The van der Waals surface area contributed by atoms with E-state index in [2.05, 4.69) is 27.8 Å². The summed E-state index contributed by atoms with van der Waals surface area (Å²) in [5.74, 6) is 1.60. The molecule has 2 aromatic carbocycles. The highest BCUT2D eigenvalue weighted by Gasteiger charge is 2.07. The summed E-state index contributed by atoms with van der Waals surface area (Å²) in [5, 5.41) is 11.6. The average Bonchev–Trinajstić information content (AvgIpc) is 2.67. The largest absolute Gasteiger partial charge is 0.496 e. The fraction of sp³-hybridized carbons (Fsp3) is 0.350. The monoisotopic (exact) mass is 532 g/mol. The molecule has 0 bridgehead atoms. The van der Waals surface area contributed by atoms with Crippen LogP contribution in [0.1, 0.15) is 23.6 Å². The molecule has 0 unspecified atom stereocenters. The Morgan fingerprint density at radius 3 is 2.34 bits per heavy atom. The summed E-state index contributed by atoms with van der Waals surface area (Å²) >= 11 is 0. The van der Waals surface area contributed by atoms with Gasteiger partial charge in [0, 0.05) is 13.1 Å². The van der Waals surface area contributed by atoms with E-state index >= 15 is 0 Å². The van der Waals surface area contributed by atoms with Crippen LogP contribution in [0.5, 0.6) is 5.75 Å². The van der Waals surface area contributed by atoms with E-state index in [0.717, 1.165) is 36.4 Å². The zero-order valence-electron chi connectivity index (χ0n) is 16.9. The highest BCUT2D eigenvalue weighted by molar-refractivity contribution is 14.0. The van der Waals surface area contributed by atoms with E-state index in [1.165, 1.54) is 17.7 Å². The van der Waals surface area contributed by atoms with Gasteiger partial charge in [-0.2, -0.15) is 0 Å². The number of hydrogen-bond donors (Lipinski definition) is 3. The first-order valence-electron chi connectivity index (χ1n) is 9.11. The SMILES string of the molecule is CCNC(=NCc1ccc(S(N)(=O)=O)cc1)NCCc1ccc(C)c(OC)c1.I. The number of primary sulfonamides is 1. The lowest BCUT2D eigenvalue weighted by atomic mass is 10.1. The van der Waals surface area contributed by atoms with Gasteiger partial charge in [-0.05, 0) is 55.2 Å². The summed E-state index contributed by atoms with van der Waals surface area (Å²) in [5.41, 5.74) is 3.19. The Kier molecular flexibility index (Phi) is 10.4. The Balaban J connectivity index is 0.00000420. The highest BCUT2D eigenvalue weighted by Crippen LogP contribution is 2.19.